The van der Waals surface area contributed by atoms with Crippen LogP contribution in [0.4, 0.5) is 0 Å². The smallest absolute Gasteiger partial charge is 0.211 e. The van der Waals surface area contributed by atoms with Gasteiger partial charge < -0.3 is 5.73 Å². The van der Waals surface area contributed by atoms with E-state index >= 15 is 0 Å². The molecule has 0 heterocycles. The Morgan fingerprint density at radius 3 is 2.08 bits per heavy atom. The van der Waals surface area contributed by atoms with E-state index in [0.29, 0.717) is 12.3 Å². The molecule has 0 radical (unpaired) electrons. The lowest BCUT2D eigenvalue weighted by Crippen LogP contribution is -2.34. The van der Waals surface area contributed by atoms with E-state index in [-0.39, 0.29) is 30.7 Å². The zero-order valence-electron chi connectivity index (χ0n) is 14.7. The molecule has 1 unspecified atom stereocenters. The van der Waals surface area contributed by atoms with E-state index in [1.54, 1.807) is 0 Å². The highest BCUT2D eigenvalue weighted by Crippen LogP contribution is 2.17. The van der Waals surface area contributed by atoms with Crippen LogP contribution in [0.25, 0.3) is 0 Å². The van der Waals surface area contributed by atoms with Gasteiger partial charge in [-0.05, 0) is 29.0 Å². The Bertz CT molecular complexity index is 732. The molecule has 4 nitrogen and oxygen atoms in total. The maximum absolute atomic E-state index is 12.1. The maximum atomic E-state index is 12.1. The van der Waals surface area contributed by atoms with Gasteiger partial charge in [0.2, 0.25) is 10.0 Å². The van der Waals surface area contributed by atoms with E-state index in [0.717, 1.165) is 11.1 Å². The Labute approximate surface area is 157 Å². The number of hydrogen-bond donors (Lipinski definition) is 2. The summed E-state index contributed by atoms with van der Waals surface area (Å²) >= 11 is 0. The Kier molecular flexibility index (Phi) is 8.59. The molecule has 25 heavy (non-hydrogen) atoms. The summed E-state index contributed by atoms with van der Waals surface area (Å²) in [4.78, 5) is 0. The fraction of sp³-hybridized carbons (Fsp3) is 0.368. The van der Waals surface area contributed by atoms with Gasteiger partial charge in [0.05, 0.1) is 5.75 Å². The predicted molar refractivity (Wildman–Crippen MR) is 107 cm³/mol. The van der Waals surface area contributed by atoms with E-state index in [9.17, 15) is 8.42 Å². The molecule has 0 bridgehead atoms. The standard InChI is InChI=1S/C19H26N2O2S.ClH/c1-15(2)17-8-10-18(11-9-17)19(20)14-21-24(22,23)13-12-16-6-4-3-5-7-16;/h3-11,15,19,21H,12-14,20H2,1-2H3;1H. The Morgan fingerprint density at radius 1 is 0.960 bits per heavy atom. The van der Waals surface area contributed by atoms with Gasteiger partial charge in [-0.2, -0.15) is 0 Å². The highest BCUT2D eigenvalue weighted by atomic mass is 35.5. The second-order valence-corrected chi connectivity index (χ2v) is 8.26. The van der Waals surface area contributed by atoms with Crippen molar-refractivity contribution in [1.82, 2.24) is 4.72 Å². The summed E-state index contributed by atoms with van der Waals surface area (Å²) in [5.74, 6) is 0.530. The van der Waals surface area contributed by atoms with Crippen molar-refractivity contribution in [3.63, 3.8) is 0 Å². The average Bonchev–Trinajstić information content (AvgIpc) is 2.59. The van der Waals surface area contributed by atoms with Crippen molar-refractivity contribution in [2.75, 3.05) is 12.3 Å². The van der Waals surface area contributed by atoms with Gasteiger partial charge >= 0.3 is 0 Å². The molecule has 0 aliphatic carbocycles. The van der Waals surface area contributed by atoms with Gasteiger partial charge in [-0.25, -0.2) is 13.1 Å². The lowest BCUT2D eigenvalue weighted by Gasteiger charge is -2.15. The van der Waals surface area contributed by atoms with Gasteiger partial charge in [-0.1, -0.05) is 68.4 Å². The number of sulfonamides is 1. The molecule has 0 amide bonds. The van der Waals surface area contributed by atoms with Crippen LogP contribution in [0.5, 0.6) is 0 Å². The minimum atomic E-state index is -3.33. The van der Waals surface area contributed by atoms with Crippen molar-refractivity contribution in [2.24, 2.45) is 5.73 Å². The average molecular weight is 383 g/mol. The molecule has 3 N–H and O–H groups in total. The molecule has 0 fully saturated rings. The van der Waals surface area contributed by atoms with Gasteiger partial charge in [0, 0.05) is 12.6 Å². The normalized spacial score (nSPS) is 12.6. The van der Waals surface area contributed by atoms with Gasteiger partial charge in [0.1, 0.15) is 0 Å². The number of benzene rings is 2. The molecular formula is C19H27ClN2O2S. The molecular weight excluding hydrogens is 356 g/mol. The van der Waals surface area contributed by atoms with Crippen molar-refractivity contribution in [3.8, 4) is 0 Å². The topological polar surface area (TPSA) is 72.2 Å². The van der Waals surface area contributed by atoms with E-state index in [1.165, 1.54) is 5.56 Å². The summed E-state index contributed by atoms with van der Waals surface area (Å²) < 4.78 is 26.8. The summed E-state index contributed by atoms with van der Waals surface area (Å²) in [6.45, 7) is 4.48. The van der Waals surface area contributed by atoms with Gasteiger partial charge in [0.15, 0.2) is 0 Å². The van der Waals surface area contributed by atoms with Gasteiger partial charge in [-0.3, -0.25) is 0 Å². The van der Waals surface area contributed by atoms with Crippen LogP contribution in [0, 0.1) is 0 Å². The quantitative estimate of drug-likeness (QED) is 0.734. The Morgan fingerprint density at radius 2 is 1.52 bits per heavy atom. The van der Waals surface area contributed by atoms with Crippen molar-refractivity contribution >= 4 is 22.4 Å². The van der Waals surface area contributed by atoms with Crippen LogP contribution < -0.4 is 10.5 Å². The molecule has 0 spiro atoms. The molecule has 2 aromatic rings. The molecule has 0 saturated carbocycles. The number of aryl methyl sites for hydroxylation is 1. The zero-order chi connectivity index (χ0) is 17.6. The van der Waals surface area contributed by atoms with E-state index in [1.807, 2.05) is 54.6 Å². The molecule has 0 aliphatic heterocycles. The lowest BCUT2D eigenvalue weighted by molar-refractivity contribution is 0.571. The third-order valence-electron chi connectivity index (χ3n) is 4.06. The highest BCUT2D eigenvalue weighted by molar-refractivity contribution is 7.89. The van der Waals surface area contributed by atoms with Crippen LogP contribution in [0.3, 0.4) is 0 Å². The highest BCUT2D eigenvalue weighted by Gasteiger charge is 2.14. The minimum Gasteiger partial charge on any atom is -0.323 e. The second kappa shape index (κ2) is 9.92. The van der Waals surface area contributed by atoms with Gasteiger partial charge in [-0.15, -0.1) is 12.4 Å². The number of hydrogen-bond acceptors (Lipinski definition) is 3. The summed E-state index contributed by atoms with van der Waals surface area (Å²) in [6.07, 6.45) is 0.495. The van der Waals surface area contributed by atoms with E-state index in [4.69, 9.17) is 5.73 Å². The fourth-order valence-corrected chi connectivity index (χ4v) is 3.51. The minimum absolute atomic E-state index is 0. The first-order chi connectivity index (χ1) is 11.4. The molecule has 1 atom stereocenters. The first-order valence-corrected chi connectivity index (χ1v) is 9.89. The molecule has 0 aromatic heterocycles. The summed E-state index contributed by atoms with van der Waals surface area (Å²) in [5, 5.41) is 0. The maximum Gasteiger partial charge on any atom is 0.211 e. The van der Waals surface area contributed by atoms with Crippen LogP contribution in [0.2, 0.25) is 0 Å². The first-order valence-electron chi connectivity index (χ1n) is 8.24. The SMILES string of the molecule is CC(C)c1ccc(C(N)CNS(=O)(=O)CCc2ccccc2)cc1.Cl. The largest absolute Gasteiger partial charge is 0.323 e. The van der Waals surface area contributed by atoms with Crippen molar-refractivity contribution < 1.29 is 8.42 Å². The first kappa shape index (κ1) is 21.6. The fourth-order valence-electron chi connectivity index (χ4n) is 2.43. The van der Waals surface area contributed by atoms with Crippen molar-refractivity contribution in [3.05, 3.63) is 71.3 Å². The molecule has 138 valence electrons. The number of nitrogens with one attached hydrogen (secondary N) is 1. The van der Waals surface area contributed by atoms with E-state index < -0.39 is 10.0 Å². The molecule has 6 heteroatoms. The summed E-state index contributed by atoms with van der Waals surface area (Å²) in [5.41, 5.74) is 9.30. The Hall–Kier alpha value is -1.40. The Balaban J connectivity index is 0.00000312. The molecule has 0 aliphatic rings. The third-order valence-corrected chi connectivity index (χ3v) is 5.40. The number of halogens is 1. The molecule has 0 saturated heterocycles. The number of nitrogens with two attached hydrogens (primary N) is 1. The molecule has 2 aromatic carbocycles. The van der Waals surface area contributed by atoms with Crippen LogP contribution in [-0.2, 0) is 16.4 Å². The van der Waals surface area contributed by atoms with Crippen molar-refractivity contribution in [1.29, 1.82) is 0 Å². The van der Waals surface area contributed by atoms with Crippen LogP contribution in [0.15, 0.2) is 54.6 Å². The monoisotopic (exact) mass is 382 g/mol. The van der Waals surface area contributed by atoms with Crippen LogP contribution in [-0.4, -0.2) is 20.7 Å². The summed E-state index contributed by atoms with van der Waals surface area (Å²) in [7, 11) is -3.33. The summed E-state index contributed by atoms with van der Waals surface area (Å²) in [6, 6.07) is 17.3. The zero-order valence-corrected chi connectivity index (χ0v) is 16.3. The second-order valence-electron chi connectivity index (χ2n) is 6.33. The van der Waals surface area contributed by atoms with Gasteiger partial charge in [0.25, 0.3) is 0 Å². The lowest BCUT2D eigenvalue weighted by atomic mass is 9.99. The number of rotatable bonds is 8. The predicted octanol–water partition coefficient (Wildman–Crippen LogP) is 3.39. The van der Waals surface area contributed by atoms with Crippen molar-refractivity contribution in [2.45, 2.75) is 32.2 Å². The van der Waals surface area contributed by atoms with Crippen LogP contribution >= 0.6 is 12.4 Å². The molecule has 2 rings (SSSR count). The van der Waals surface area contributed by atoms with E-state index in [2.05, 4.69) is 18.6 Å². The van der Waals surface area contributed by atoms with Crippen LogP contribution in [0.1, 0.15) is 42.5 Å². The third kappa shape index (κ3) is 7.16.